The van der Waals surface area contributed by atoms with Crippen LogP contribution in [0.15, 0.2) is 12.5 Å². The van der Waals surface area contributed by atoms with Gasteiger partial charge in [-0.1, -0.05) is 0 Å². The molecule has 3 rings (SSSR count). The van der Waals surface area contributed by atoms with Gasteiger partial charge in [0.05, 0.1) is 24.7 Å². The quantitative estimate of drug-likeness (QED) is 0.854. The summed E-state index contributed by atoms with van der Waals surface area (Å²) in [6, 6.07) is 0.0618. The second-order valence-corrected chi connectivity index (χ2v) is 6.06. The fourth-order valence-electron chi connectivity index (χ4n) is 3.34. The summed E-state index contributed by atoms with van der Waals surface area (Å²) in [7, 11) is 0. The van der Waals surface area contributed by atoms with Gasteiger partial charge in [0.2, 0.25) is 0 Å². The molecule has 1 aromatic heterocycles. The molecular weight excluding hydrogens is 252 g/mol. The molecule has 2 atom stereocenters. The van der Waals surface area contributed by atoms with Crippen molar-refractivity contribution in [3.63, 3.8) is 0 Å². The molecule has 1 aromatic rings. The molecule has 0 radical (unpaired) electrons. The lowest BCUT2D eigenvalue weighted by atomic mass is 9.97. The predicted octanol–water partition coefficient (Wildman–Crippen LogP) is 1.41. The van der Waals surface area contributed by atoms with Crippen molar-refractivity contribution in [2.75, 3.05) is 32.8 Å². The zero-order valence-electron chi connectivity index (χ0n) is 12.2. The smallest absolute Gasteiger partial charge is 0.0948 e. The molecule has 0 aliphatic carbocycles. The standard InChI is InChI=1S/C15H26N4O/c16-15(13-4-9-20-11-13)14-10-17-12-19(14)8-3-7-18-5-1-2-6-18/h10,12-13,15H,1-9,11,16H2. The second-order valence-electron chi connectivity index (χ2n) is 6.06. The molecule has 3 heterocycles. The van der Waals surface area contributed by atoms with E-state index in [1.54, 1.807) is 0 Å². The SMILES string of the molecule is NC(c1cncn1CCCN1CCCC1)C1CCOC1. The Labute approximate surface area is 121 Å². The van der Waals surface area contributed by atoms with Crippen LogP contribution in [0.25, 0.3) is 0 Å². The van der Waals surface area contributed by atoms with E-state index in [0.717, 1.165) is 26.2 Å². The van der Waals surface area contributed by atoms with Gasteiger partial charge in [-0.3, -0.25) is 0 Å². The molecule has 2 unspecified atom stereocenters. The number of nitrogens with zero attached hydrogens (tertiary/aromatic N) is 3. The van der Waals surface area contributed by atoms with Gasteiger partial charge in [0.25, 0.3) is 0 Å². The summed E-state index contributed by atoms with van der Waals surface area (Å²) in [6.07, 6.45) is 8.83. The molecule has 112 valence electrons. The number of imidazole rings is 1. The van der Waals surface area contributed by atoms with E-state index in [-0.39, 0.29) is 6.04 Å². The molecule has 2 saturated heterocycles. The highest BCUT2D eigenvalue weighted by molar-refractivity contribution is 5.07. The van der Waals surface area contributed by atoms with Crippen molar-refractivity contribution in [3.05, 3.63) is 18.2 Å². The summed E-state index contributed by atoms with van der Waals surface area (Å²) < 4.78 is 7.68. The van der Waals surface area contributed by atoms with Crippen LogP contribution in [0.2, 0.25) is 0 Å². The lowest BCUT2D eigenvalue weighted by Crippen LogP contribution is -2.25. The van der Waals surface area contributed by atoms with Gasteiger partial charge in [-0.25, -0.2) is 4.98 Å². The number of nitrogens with two attached hydrogens (primary N) is 1. The van der Waals surface area contributed by atoms with Crippen LogP contribution in [-0.2, 0) is 11.3 Å². The maximum Gasteiger partial charge on any atom is 0.0948 e. The molecule has 2 N–H and O–H groups in total. The van der Waals surface area contributed by atoms with Crippen molar-refractivity contribution >= 4 is 0 Å². The summed E-state index contributed by atoms with van der Waals surface area (Å²) in [4.78, 5) is 6.85. The molecule has 0 spiro atoms. The van der Waals surface area contributed by atoms with Crippen molar-refractivity contribution in [2.24, 2.45) is 11.7 Å². The van der Waals surface area contributed by atoms with E-state index in [2.05, 4.69) is 14.5 Å². The van der Waals surface area contributed by atoms with Crippen LogP contribution in [0.3, 0.4) is 0 Å². The number of rotatable bonds is 6. The van der Waals surface area contributed by atoms with Gasteiger partial charge < -0.3 is 19.9 Å². The normalized spacial score (nSPS) is 25.4. The van der Waals surface area contributed by atoms with Crippen LogP contribution >= 0.6 is 0 Å². The number of ether oxygens (including phenoxy) is 1. The minimum atomic E-state index is 0.0618. The van der Waals surface area contributed by atoms with Crippen LogP contribution in [-0.4, -0.2) is 47.3 Å². The van der Waals surface area contributed by atoms with Crippen molar-refractivity contribution < 1.29 is 4.74 Å². The first-order chi connectivity index (χ1) is 9.84. The van der Waals surface area contributed by atoms with Gasteiger partial charge in [-0.15, -0.1) is 0 Å². The molecule has 0 saturated carbocycles. The lowest BCUT2D eigenvalue weighted by Gasteiger charge is -2.20. The molecule has 2 aliphatic rings. The fourth-order valence-corrected chi connectivity index (χ4v) is 3.34. The summed E-state index contributed by atoms with van der Waals surface area (Å²) in [5, 5.41) is 0. The van der Waals surface area contributed by atoms with E-state index in [0.29, 0.717) is 5.92 Å². The van der Waals surface area contributed by atoms with Crippen molar-refractivity contribution in [3.8, 4) is 0 Å². The molecular formula is C15H26N4O. The Morgan fingerprint density at radius 2 is 2.20 bits per heavy atom. The van der Waals surface area contributed by atoms with E-state index in [1.165, 1.54) is 44.6 Å². The molecule has 0 aromatic carbocycles. The number of likely N-dealkylation sites (tertiary alicyclic amines) is 1. The van der Waals surface area contributed by atoms with Crippen molar-refractivity contribution in [2.45, 2.75) is 38.3 Å². The maximum atomic E-state index is 6.39. The van der Waals surface area contributed by atoms with Crippen molar-refractivity contribution in [1.29, 1.82) is 0 Å². The molecule has 0 amide bonds. The maximum absolute atomic E-state index is 6.39. The Morgan fingerprint density at radius 3 is 2.95 bits per heavy atom. The van der Waals surface area contributed by atoms with Gasteiger partial charge >= 0.3 is 0 Å². The Bertz CT molecular complexity index is 408. The van der Waals surface area contributed by atoms with Gasteiger partial charge in [-0.05, 0) is 45.3 Å². The topological polar surface area (TPSA) is 56.3 Å². The van der Waals surface area contributed by atoms with Crippen LogP contribution in [0, 0.1) is 5.92 Å². The number of hydrogen-bond donors (Lipinski definition) is 1. The monoisotopic (exact) mass is 278 g/mol. The highest BCUT2D eigenvalue weighted by Gasteiger charge is 2.26. The zero-order chi connectivity index (χ0) is 13.8. The summed E-state index contributed by atoms with van der Waals surface area (Å²) >= 11 is 0. The van der Waals surface area contributed by atoms with E-state index in [4.69, 9.17) is 10.5 Å². The predicted molar refractivity (Wildman–Crippen MR) is 78.4 cm³/mol. The fraction of sp³-hybridized carbons (Fsp3) is 0.800. The highest BCUT2D eigenvalue weighted by atomic mass is 16.5. The summed E-state index contributed by atoms with van der Waals surface area (Å²) in [6.45, 7) is 6.40. The molecule has 0 bridgehead atoms. The first-order valence-corrected chi connectivity index (χ1v) is 7.90. The Hall–Kier alpha value is -0.910. The Balaban J connectivity index is 1.52. The average Bonchev–Trinajstić information content (AvgIpc) is 3.21. The number of hydrogen-bond acceptors (Lipinski definition) is 4. The second kappa shape index (κ2) is 6.70. The molecule has 2 aliphatic heterocycles. The first kappa shape index (κ1) is 14.0. The zero-order valence-corrected chi connectivity index (χ0v) is 12.2. The molecule has 5 nitrogen and oxygen atoms in total. The summed E-state index contributed by atoms with van der Waals surface area (Å²) in [5.41, 5.74) is 7.56. The van der Waals surface area contributed by atoms with Gasteiger partial charge in [-0.2, -0.15) is 0 Å². The minimum absolute atomic E-state index is 0.0618. The van der Waals surface area contributed by atoms with Crippen LogP contribution in [0.5, 0.6) is 0 Å². The van der Waals surface area contributed by atoms with Gasteiger partial charge in [0.1, 0.15) is 0 Å². The van der Waals surface area contributed by atoms with Gasteiger partial charge in [0.15, 0.2) is 0 Å². The largest absolute Gasteiger partial charge is 0.381 e. The van der Waals surface area contributed by atoms with E-state index >= 15 is 0 Å². The molecule has 2 fully saturated rings. The first-order valence-electron chi connectivity index (χ1n) is 7.90. The average molecular weight is 278 g/mol. The number of aromatic nitrogens is 2. The minimum Gasteiger partial charge on any atom is -0.381 e. The third-order valence-electron chi connectivity index (χ3n) is 4.63. The number of aryl methyl sites for hydroxylation is 1. The lowest BCUT2D eigenvalue weighted by molar-refractivity contribution is 0.180. The third-order valence-corrected chi connectivity index (χ3v) is 4.63. The summed E-state index contributed by atoms with van der Waals surface area (Å²) in [5.74, 6) is 0.448. The van der Waals surface area contributed by atoms with Crippen LogP contribution in [0.1, 0.15) is 37.4 Å². The molecule has 5 heteroatoms. The van der Waals surface area contributed by atoms with E-state index < -0.39 is 0 Å². The highest BCUT2D eigenvalue weighted by Crippen LogP contribution is 2.26. The van der Waals surface area contributed by atoms with Crippen molar-refractivity contribution in [1.82, 2.24) is 14.5 Å². The third kappa shape index (κ3) is 3.22. The van der Waals surface area contributed by atoms with Crippen LogP contribution < -0.4 is 5.73 Å². The van der Waals surface area contributed by atoms with E-state index in [1.807, 2.05) is 12.5 Å². The van der Waals surface area contributed by atoms with Gasteiger partial charge in [0, 0.05) is 25.3 Å². The molecule has 20 heavy (non-hydrogen) atoms. The Kier molecular flexibility index (Phi) is 4.70. The Morgan fingerprint density at radius 1 is 1.35 bits per heavy atom. The van der Waals surface area contributed by atoms with Crippen LogP contribution in [0.4, 0.5) is 0 Å². The van der Waals surface area contributed by atoms with E-state index in [9.17, 15) is 0 Å².